The van der Waals surface area contributed by atoms with E-state index in [9.17, 15) is 8.42 Å². The highest BCUT2D eigenvalue weighted by atomic mass is 79.9. The van der Waals surface area contributed by atoms with E-state index in [0.29, 0.717) is 20.3 Å². The van der Waals surface area contributed by atoms with Crippen LogP contribution < -0.4 is 14.2 Å². The summed E-state index contributed by atoms with van der Waals surface area (Å²) >= 11 is 10.5. The molecule has 1 aromatic heterocycles. The molecule has 9 heteroatoms. The normalized spacial score (nSPS) is 12.9. The number of methoxy groups -OCH3 is 2. The second kappa shape index (κ2) is 7.40. The zero-order valence-electron chi connectivity index (χ0n) is 12.6. The zero-order valence-corrected chi connectivity index (χ0v) is 16.6. The Kier molecular flexibility index (Phi) is 5.96. The summed E-state index contributed by atoms with van der Waals surface area (Å²) in [4.78, 5) is 0.903. The first-order chi connectivity index (χ1) is 10.8. The molecular formula is C14H15BrClNO4S2. The van der Waals surface area contributed by atoms with Crippen LogP contribution in [0.2, 0.25) is 4.34 Å². The summed E-state index contributed by atoms with van der Waals surface area (Å²) in [5, 5.41) is 0. The molecule has 0 aliphatic carbocycles. The molecule has 0 spiro atoms. The van der Waals surface area contributed by atoms with Crippen LogP contribution in [0.4, 0.5) is 0 Å². The monoisotopic (exact) mass is 439 g/mol. The summed E-state index contributed by atoms with van der Waals surface area (Å²) in [6.07, 6.45) is 0. The average molecular weight is 441 g/mol. The standard InChI is InChI=1S/C14H15BrClNO4S2/c1-8(12-4-5-14(16)22-12)17-23(18,19)13-7-11(21-3)10(20-2)6-9(13)15/h4-8,17H,1-3H3. The van der Waals surface area contributed by atoms with Crippen molar-refractivity contribution in [3.05, 3.63) is 38.0 Å². The van der Waals surface area contributed by atoms with Gasteiger partial charge in [0.1, 0.15) is 4.90 Å². The molecule has 0 radical (unpaired) electrons. The first-order valence-electron chi connectivity index (χ1n) is 6.47. The molecule has 0 fully saturated rings. The van der Waals surface area contributed by atoms with Gasteiger partial charge in [-0.15, -0.1) is 11.3 Å². The number of hydrogen-bond acceptors (Lipinski definition) is 5. The van der Waals surface area contributed by atoms with E-state index < -0.39 is 16.1 Å². The van der Waals surface area contributed by atoms with Gasteiger partial charge < -0.3 is 9.47 Å². The summed E-state index contributed by atoms with van der Waals surface area (Å²) in [5.41, 5.74) is 0. The van der Waals surface area contributed by atoms with Crippen molar-refractivity contribution in [1.29, 1.82) is 0 Å². The predicted octanol–water partition coefficient (Wildman–Crippen LogP) is 4.22. The third-order valence-electron chi connectivity index (χ3n) is 3.08. The summed E-state index contributed by atoms with van der Waals surface area (Å²) in [7, 11) is -0.820. The number of thiophene rings is 1. The highest BCUT2D eigenvalue weighted by molar-refractivity contribution is 9.10. The Morgan fingerprint density at radius 1 is 1.22 bits per heavy atom. The van der Waals surface area contributed by atoms with Crippen molar-refractivity contribution in [2.45, 2.75) is 17.9 Å². The van der Waals surface area contributed by atoms with Crippen molar-refractivity contribution in [2.75, 3.05) is 14.2 Å². The van der Waals surface area contributed by atoms with Gasteiger partial charge in [-0.2, -0.15) is 0 Å². The quantitative estimate of drug-likeness (QED) is 0.730. The average Bonchev–Trinajstić information content (AvgIpc) is 2.92. The summed E-state index contributed by atoms with van der Waals surface area (Å²) in [6, 6.07) is 6.10. The highest BCUT2D eigenvalue weighted by Gasteiger charge is 2.24. The SMILES string of the molecule is COc1cc(Br)c(S(=O)(=O)NC(C)c2ccc(Cl)s2)cc1OC. The molecule has 0 saturated carbocycles. The van der Waals surface area contributed by atoms with Gasteiger partial charge in [0.15, 0.2) is 11.5 Å². The Balaban J connectivity index is 2.36. The smallest absolute Gasteiger partial charge is 0.242 e. The number of hydrogen-bond donors (Lipinski definition) is 1. The molecule has 1 unspecified atom stereocenters. The van der Waals surface area contributed by atoms with Gasteiger partial charge in [-0.25, -0.2) is 13.1 Å². The van der Waals surface area contributed by atoms with Crippen molar-refractivity contribution < 1.29 is 17.9 Å². The van der Waals surface area contributed by atoms with Gasteiger partial charge in [-0.1, -0.05) is 11.6 Å². The molecule has 0 saturated heterocycles. The van der Waals surface area contributed by atoms with Crippen LogP contribution in [0.25, 0.3) is 0 Å². The molecule has 0 aliphatic heterocycles. The van der Waals surface area contributed by atoms with Crippen LogP contribution in [0, 0.1) is 0 Å². The van der Waals surface area contributed by atoms with E-state index >= 15 is 0 Å². The fourth-order valence-electron chi connectivity index (χ4n) is 1.96. The van der Waals surface area contributed by atoms with Crippen LogP contribution >= 0.6 is 38.9 Å². The van der Waals surface area contributed by atoms with E-state index in [-0.39, 0.29) is 4.90 Å². The van der Waals surface area contributed by atoms with Crippen LogP contribution in [0.3, 0.4) is 0 Å². The second-order valence-corrected chi connectivity index (χ2v) is 8.91. The Morgan fingerprint density at radius 2 is 1.83 bits per heavy atom. The number of nitrogens with one attached hydrogen (secondary N) is 1. The van der Waals surface area contributed by atoms with Crippen LogP contribution in [0.1, 0.15) is 17.8 Å². The van der Waals surface area contributed by atoms with E-state index in [1.807, 2.05) is 0 Å². The highest BCUT2D eigenvalue weighted by Crippen LogP contribution is 2.36. The predicted molar refractivity (Wildman–Crippen MR) is 95.3 cm³/mol. The molecule has 126 valence electrons. The molecule has 0 bridgehead atoms. The molecule has 1 aromatic carbocycles. The van der Waals surface area contributed by atoms with Crippen molar-refractivity contribution in [3.63, 3.8) is 0 Å². The molecule has 2 rings (SSSR count). The number of sulfonamides is 1. The van der Waals surface area contributed by atoms with Crippen molar-refractivity contribution >= 4 is 48.9 Å². The van der Waals surface area contributed by atoms with Gasteiger partial charge in [0.25, 0.3) is 0 Å². The van der Waals surface area contributed by atoms with E-state index in [0.717, 1.165) is 4.88 Å². The number of ether oxygens (including phenoxy) is 2. The van der Waals surface area contributed by atoms with Crippen molar-refractivity contribution in [2.24, 2.45) is 0 Å². The lowest BCUT2D eigenvalue weighted by molar-refractivity contribution is 0.353. The van der Waals surface area contributed by atoms with E-state index in [1.54, 1.807) is 25.1 Å². The number of halogens is 2. The maximum Gasteiger partial charge on any atom is 0.242 e. The van der Waals surface area contributed by atoms with Gasteiger partial charge in [-0.05, 0) is 41.1 Å². The van der Waals surface area contributed by atoms with Gasteiger partial charge in [0, 0.05) is 15.4 Å². The number of benzene rings is 1. The Labute approximate surface area is 152 Å². The minimum atomic E-state index is -3.76. The lowest BCUT2D eigenvalue weighted by Gasteiger charge is -2.16. The van der Waals surface area contributed by atoms with Crippen LogP contribution in [0.15, 0.2) is 33.6 Å². The fraction of sp³-hybridized carbons (Fsp3) is 0.286. The molecule has 1 heterocycles. The maximum atomic E-state index is 12.6. The zero-order chi connectivity index (χ0) is 17.2. The Morgan fingerprint density at radius 3 is 2.35 bits per heavy atom. The Hall–Kier alpha value is -0.800. The first kappa shape index (κ1) is 18.5. The molecule has 0 aliphatic rings. The molecule has 5 nitrogen and oxygen atoms in total. The third kappa shape index (κ3) is 4.19. The van der Waals surface area contributed by atoms with Gasteiger partial charge in [-0.3, -0.25) is 0 Å². The topological polar surface area (TPSA) is 64.6 Å². The minimum Gasteiger partial charge on any atom is -0.493 e. The lowest BCUT2D eigenvalue weighted by Crippen LogP contribution is -2.26. The molecule has 23 heavy (non-hydrogen) atoms. The van der Waals surface area contributed by atoms with Crippen molar-refractivity contribution in [1.82, 2.24) is 4.72 Å². The first-order valence-corrected chi connectivity index (χ1v) is 9.94. The van der Waals surface area contributed by atoms with E-state index in [2.05, 4.69) is 20.7 Å². The van der Waals surface area contributed by atoms with Gasteiger partial charge >= 0.3 is 0 Å². The van der Waals surface area contributed by atoms with Crippen LogP contribution in [0.5, 0.6) is 11.5 Å². The molecule has 1 N–H and O–H groups in total. The summed E-state index contributed by atoms with van der Waals surface area (Å²) in [6.45, 7) is 1.76. The number of rotatable bonds is 6. The van der Waals surface area contributed by atoms with Crippen LogP contribution in [-0.2, 0) is 10.0 Å². The van der Waals surface area contributed by atoms with Crippen molar-refractivity contribution in [3.8, 4) is 11.5 Å². The molecular weight excluding hydrogens is 426 g/mol. The summed E-state index contributed by atoms with van der Waals surface area (Å²) < 4.78 is 39.2. The molecule has 0 amide bonds. The molecule has 1 atom stereocenters. The summed E-state index contributed by atoms with van der Waals surface area (Å²) in [5.74, 6) is 0.777. The fourth-order valence-corrected chi connectivity index (χ4v) is 5.35. The van der Waals surface area contributed by atoms with Gasteiger partial charge in [0.05, 0.1) is 24.6 Å². The molecule has 2 aromatic rings. The van der Waals surface area contributed by atoms with Crippen LogP contribution in [-0.4, -0.2) is 22.6 Å². The second-order valence-electron chi connectivity index (χ2n) is 4.62. The minimum absolute atomic E-state index is 0.0738. The lowest BCUT2D eigenvalue weighted by atomic mass is 10.3. The largest absolute Gasteiger partial charge is 0.493 e. The van der Waals surface area contributed by atoms with E-state index in [1.165, 1.54) is 31.6 Å². The third-order valence-corrected chi connectivity index (χ3v) is 6.99. The Bertz CT molecular complexity index is 807. The maximum absolute atomic E-state index is 12.6. The van der Waals surface area contributed by atoms with E-state index in [4.69, 9.17) is 21.1 Å². The van der Waals surface area contributed by atoms with Gasteiger partial charge in [0.2, 0.25) is 10.0 Å².